The van der Waals surface area contributed by atoms with Crippen LogP contribution in [0.15, 0.2) is 0 Å². The Labute approximate surface area is 89.0 Å². The molecule has 0 aromatic rings. The van der Waals surface area contributed by atoms with Crippen LogP contribution in [0, 0.1) is 41.7 Å². The first-order chi connectivity index (χ1) is 4.24. The van der Waals surface area contributed by atoms with Gasteiger partial charge in [0.15, 0.2) is 0 Å². The van der Waals surface area contributed by atoms with Crippen LogP contribution in [0.1, 0.15) is 0 Å². The number of rotatable bonds is 0. The van der Waals surface area contributed by atoms with Gasteiger partial charge in [0.2, 0.25) is 0 Å². The Hall–Kier alpha value is -0.693. The zero-order valence-corrected chi connectivity index (χ0v) is 7.66. The van der Waals surface area contributed by atoms with Gasteiger partial charge < -0.3 is 33.2 Å². The predicted octanol–water partition coefficient (Wildman–Crippen LogP) is 2.60. The van der Waals surface area contributed by atoms with Crippen LogP contribution in [-0.4, -0.2) is 0 Å². The van der Waals surface area contributed by atoms with Crippen molar-refractivity contribution >= 4 is 0 Å². The van der Waals surface area contributed by atoms with Gasteiger partial charge in [-0.25, -0.2) is 0 Å². The fourth-order valence-corrected chi connectivity index (χ4v) is 0. The molecule has 0 atom stereocenters. The molecule has 0 amide bonds. The quantitative estimate of drug-likeness (QED) is 0.355. The van der Waals surface area contributed by atoms with Gasteiger partial charge in [-0.3, -0.25) is 14.7 Å². The molecule has 10 heavy (non-hydrogen) atoms. The Bertz CT molecular complexity index is 96.3. The molecule has 0 aromatic heterocycles. The van der Waals surface area contributed by atoms with Gasteiger partial charge in [0.1, 0.15) is 0 Å². The van der Waals surface area contributed by atoms with E-state index in [-0.39, 0.29) is 41.7 Å². The van der Waals surface area contributed by atoms with Crippen LogP contribution in [0.2, 0.25) is 0 Å². The molecule has 0 saturated carbocycles. The van der Waals surface area contributed by atoms with Crippen molar-refractivity contribution < 1.29 is 41.7 Å². The van der Waals surface area contributed by atoms with E-state index in [1.807, 2.05) is 0 Å². The van der Waals surface area contributed by atoms with E-state index in [0.29, 0.717) is 0 Å². The molecule has 0 bridgehead atoms. The van der Waals surface area contributed by atoms with E-state index in [1.54, 1.807) is 0 Å². The maximum Gasteiger partial charge on any atom is 3.00 e. The fourth-order valence-electron chi connectivity index (χ4n) is 0. The van der Waals surface area contributed by atoms with Crippen LogP contribution in [0.5, 0.6) is 0 Å². The van der Waals surface area contributed by atoms with E-state index in [4.69, 9.17) is 33.2 Å². The molecule has 0 saturated heterocycles. The second-order valence-corrected chi connectivity index (χ2v) is 0.268. The average Bonchev–Trinajstić information content (AvgIpc) is 1.70. The first-order valence-corrected chi connectivity index (χ1v) is 1.20. The second-order valence-electron chi connectivity index (χ2n) is 0.268. The normalized spacial score (nSPS) is 2.40. The zero-order valence-electron chi connectivity index (χ0n) is 4.52. The molecule has 0 aliphatic carbocycles. The summed E-state index contributed by atoms with van der Waals surface area (Å²) in [4.78, 5) is 4.50. The summed E-state index contributed by atoms with van der Waals surface area (Å²) in [5.74, 6) is 0. The van der Waals surface area contributed by atoms with Gasteiger partial charge in [0.25, 0.3) is 0 Å². The molecule has 1 radical (unpaired) electrons. The third-order valence-corrected chi connectivity index (χ3v) is 0. The Balaban J connectivity index is -0.0000000257. The number of hydrogen-bond donors (Lipinski definition) is 0. The van der Waals surface area contributed by atoms with Gasteiger partial charge in [0.05, 0.1) is 0 Å². The van der Waals surface area contributed by atoms with Crippen molar-refractivity contribution in [2.45, 2.75) is 0 Å². The van der Waals surface area contributed by atoms with Crippen molar-refractivity contribution in [1.82, 2.24) is 0 Å². The first kappa shape index (κ1) is 22.8. The minimum atomic E-state index is 0. The van der Waals surface area contributed by atoms with Crippen LogP contribution in [0.3, 0.4) is 0 Å². The molecular formula is CeN9. The summed E-state index contributed by atoms with van der Waals surface area (Å²) >= 11 is 0. The zero-order chi connectivity index (χ0) is 8.12. The topological polar surface area (TPSA) is 176 Å². The standard InChI is InChI=1S/Ce.3N3/c;3*1-3-2/q+3;3*-1. The molecule has 0 rings (SSSR count). The second kappa shape index (κ2) is 83.3. The summed E-state index contributed by atoms with van der Waals surface area (Å²) in [5.41, 5.74) is 40.5. The Morgan fingerprint density at radius 1 is 0.500 bits per heavy atom. The van der Waals surface area contributed by atoms with Crippen molar-refractivity contribution in [2.75, 3.05) is 0 Å². The molecule has 0 fully saturated rings. The number of nitrogens with zero attached hydrogens (tertiary/aromatic N) is 9. The van der Waals surface area contributed by atoms with E-state index in [0.717, 1.165) is 0 Å². The predicted molar refractivity (Wildman–Crippen MR) is 30.2 cm³/mol. The Morgan fingerprint density at radius 2 is 0.500 bits per heavy atom. The van der Waals surface area contributed by atoms with Crippen molar-refractivity contribution in [3.8, 4) is 0 Å². The summed E-state index contributed by atoms with van der Waals surface area (Å²) in [5, 5.41) is 0. The Kier molecular flexibility index (Phi) is 190. The SMILES string of the molecule is [Ce+3].[N-]=[N+]=[N-].[N-]=[N+]=[N-].[N-]=[N+]=[N-]. The summed E-state index contributed by atoms with van der Waals surface area (Å²) in [6, 6.07) is 0. The summed E-state index contributed by atoms with van der Waals surface area (Å²) in [7, 11) is 0. The molecular weight excluding hydrogens is 266 g/mol. The van der Waals surface area contributed by atoms with Crippen LogP contribution < -0.4 is 0 Å². The molecule has 0 spiro atoms. The molecule has 0 aliphatic heterocycles. The van der Waals surface area contributed by atoms with E-state index in [2.05, 4.69) is 0 Å². The molecule has 9 nitrogen and oxygen atoms in total. The largest absolute Gasteiger partial charge is 3.00 e. The van der Waals surface area contributed by atoms with Gasteiger partial charge >= 0.3 is 41.7 Å². The minimum absolute atomic E-state index is 0. The van der Waals surface area contributed by atoms with E-state index >= 15 is 0 Å². The van der Waals surface area contributed by atoms with E-state index in [1.165, 1.54) is 14.7 Å². The third kappa shape index (κ3) is 604. The third-order valence-electron chi connectivity index (χ3n) is 0. The van der Waals surface area contributed by atoms with Crippen LogP contribution in [-0.2, 0) is 0 Å². The minimum Gasteiger partial charge on any atom is -0.373 e. The average molecular weight is 266 g/mol. The van der Waals surface area contributed by atoms with Gasteiger partial charge in [-0.15, -0.1) is 0 Å². The van der Waals surface area contributed by atoms with Gasteiger partial charge in [-0.05, 0) is 0 Å². The van der Waals surface area contributed by atoms with Gasteiger partial charge in [0, 0.05) is 0 Å². The van der Waals surface area contributed by atoms with Gasteiger partial charge in [-0.1, -0.05) is 0 Å². The van der Waals surface area contributed by atoms with Crippen LogP contribution in [0.4, 0.5) is 0 Å². The fraction of sp³-hybridized carbons (Fsp3) is 0. The molecule has 49 valence electrons. The Morgan fingerprint density at radius 3 is 0.500 bits per heavy atom. The maximum atomic E-state index is 6.75. The van der Waals surface area contributed by atoms with Crippen molar-refractivity contribution in [2.24, 2.45) is 0 Å². The molecule has 0 aromatic carbocycles. The van der Waals surface area contributed by atoms with Crippen LogP contribution in [0.25, 0.3) is 47.9 Å². The summed E-state index contributed by atoms with van der Waals surface area (Å²) in [6.07, 6.45) is 0. The van der Waals surface area contributed by atoms with E-state index < -0.39 is 0 Å². The molecule has 0 heterocycles. The summed E-state index contributed by atoms with van der Waals surface area (Å²) < 4.78 is 0. The van der Waals surface area contributed by atoms with Gasteiger partial charge in [-0.2, -0.15) is 0 Å². The van der Waals surface area contributed by atoms with Crippen molar-refractivity contribution in [1.29, 1.82) is 0 Å². The maximum absolute atomic E-state index is 6.75. The van der Waals surface area contributed by atoms with Crippen molar-refractivity contribution in [3.63, 3.8) is 0 Å². The monoisotopic (exact) mass is 266 g/mol. The molecule has 10 heteroatoms. The molecule has 0 aliphatic rings. The molecule has 0 unspecified atom stereocenters. The van der Waals surface area contributed by atoms with Crippen LogP contribution >= 0.6 is 0 Å². The summed E-state index contributed by atoms with van der Waals surface area (Å²) in [6.45, 7) is 0. The smallest absolute Gasteiger partial charge is 0.373 e. The number of hydrogen-bond acceptors (Lipinski definition) is 0. The van der Waals surface area contributed by atoms with Crippen molar-refractivity contribution in [3.05, 3.63) is 47.9 Å². The first-order valence-electron chi connectivity index (χ1n) is 1.20. The molecule has 0 N–H and O–H groups in total. The van der Waals surface area contributed by atoms with E-state index in [9.17, 15) is 0 Å².